The lowest BCUT2D eigenvalue weighted by Gasteiger charge is -2.12. The van der Waals surface area contributed by atoms with E-state index in [1.807, 2.05) is 43.3 Å². The first-order valence-corrected chi connectivity index (χ1v) is 9.23. The van der Waals surface area contributed by atoms with Gasteiger partial charge in [0.1, 0.15) is 16.3 Å². The van der Waals surface area contributed by atoms with Crippen LogP contribution in [0.4, 0.5) is 5.69 Å². The predicted octanol–water partition coefficient (Wildman–Crippen LogP) is 4.06. The molecule has 0 saturated heterocycles. The number of carbonyl (C=O) groups excluding carboxylic acids is 2. The maximum Gasteiger partial charge on any atom is 0.284 e. The first-order chi connectivity index (χ1) is 12.7. The van der Waals surface area contributed by atoms with Crippen molar-refractivity contribution in [3.05, 3.63) is 71.9 Å². The second kappa shape index (κ2) is 6.72. The summed E-state index contributed by atoms with van der Waals surface area (Å²) in [5, 5.41) is 0.549. The summed E-state index contributed by atoms with van der Waals surface area (Å²) in [6.45, 7) is 1.98. The van der Waals surface area contributed by atoms with Crippen LogP contribution in [0.1, 0.15) is 27.8 Å². The van der Waals surface area contributed by atoms with Crippen LogP contribution in [0.3, 0.4) is 0 Å². The molecule has 6 heteroatoms. The number of hydrogen-bond donors (Lipinski definition) is 0. The third-order valence-corrected chi connectivity index (χ3v) is 4.88. The number of imide groups is 1. The Morgan fingerprint density at radius 2 is 1.54 bits per heavy atom. The monoisotopic (exact) mass is 361 g/mol. The summed E-state index contributed by atoms with van der Waals surface area (Å²) < 4.78 is 0. The zero-order valence-electron chi connectivity index (χ0n) is 14.0. The number of aromatic nitrogens is 2. The van der Waals surface area contributed by atoms with Gasteiger partial charge >= 0.3 is 0 Å². The molecule has 26 heavy (non-hydrogen) atoms. The highest BCUT2D eigenvalue weighted by atomic mass is 32.2. The maximum atomic E-state index is 13.0. The normalized spacial score (nSPS) is 13.2. The number of para-hydroxylation sites is 1. The molecule has 1 aliphatic heterocycles. The topological polar surface area (TPSA) is 63.2 Å². The zero-order chi connectivity index (χ0) is 18.1. The third-order valence-electron chi connectivity index (χ3n) is 4.03. The first kappa shape index (κ1) is 16.5. The molecule has 3 aromatic rings. The van der Waals surface area contributed by atoms with Gasteiger partial charge in [-0.15, -0.1) is 11.8 Å². The Hall–Kier alpha value is -2.99. The molecule has 1 aromatic heterocycles. The van der Waals surface area contributed by atoms with Gasteiger partial charge in [0.15, 0.2) is 5.82 Å². The number of nitrogens with zero attached hydrogens (tertiary/aromatic N) is 3. The number of amides is 2. The molecule has 2 aromatic carbocycles. The van der Waals surface area contributed by atoms with E-state index in [9.17, 15) is 9.59 Å². The first-order valence-electron chi connectivity index (χ1n) is 8.24. The summed E-state index contributed by atoms with van der Waals surface area (Å²) in [5.74, 6) is 0.418. The van der Waals surface area contributed by atoms with E-state index in [-0.39, 0.29) is 11.6 Å². The Labute approximate surface area is 155 Å². The van der Waals surface area contributed by atoms with Crippen molar-refractivity contribution in [3.63, 3.8) is 0 Å². The highest BCUT2D eigenvalue weighted by Crippen LogP contribution is 2.34. The van der Waals surface area contributed by atoms with Crippen LogP contribution in [-0.4, -0.2) is 27.5 Å². The van der Waals surface area contributed by atoms with Crippen molar-refractivity contribution in [1.82, 2.24) is 9.97 Å². The number of rotatable bonds is 4. The SMILES string of the molecule is CCSc1nc(-c2ccccc2)nc2c1C(=O)N(c1ccccc1)C2=O. The molecule has 0 radical (unpaired) electrons. The Morgan fingerprint density at radius 1 is 0.885 bits per heavy atom. The molecule has 5 nitrogen and oxygen atoms in total. The van der Waals surface area contributed by atoms with Crippen LogP contribution in [0.15, 0.2) is 65.7 Å². The van der Waals surface area contributed by atoms with Gasteiger partial charge in [0, 0.05) is 5.56 Å². The van der Waals surface area contributed by atoms with E-state index in [4.69, 9.17) is 0 Å². The fourth-order valence-corrected chi connectivity index (χ4v) is 3.62. The molecule has 1 aliphatic rings. The number of anilines is 1. The molecular formula is C20H15N3O2S. The molecule has 128 valence electrons. The van der Waals surface area contributed by atoms with Gasteiger partial charge in [0.05, 0.1) is 5.69 Å². The van der Waals surface area contributed by atoms with E-state index >= 15 is 0 Å². The number of fused-ring (bicyclic) bond motifs is 1. The fraction of sp³-hybridized carbons (Fsp3) is 0.100. The lowest BCUT2D eigenvalue weighted by atomic mass is 10.2. The van der Waals surface area contributed by atoms with Crippen molar-refractivity contribution in [1.29, 1.82) is 0 Å². The highest BCUT2D eigenvalue weighted by molar-refractivity contribution is 7.99. The summed E-state index contributed by atoms with van der Waals surface area (Å²) in [7, 11) is 0. The van der Waals surface area contributed by atoms with E-state index in [0.29, 0.717) is 22.1 Å². The molecule has 0 unspecified atom stereocenters. The largest absolute Gasteiger partial charge is 0.284 e. The minimum Gasteiger partial charge on any atom is -0.268 e. The second-order valence-electron chi connectivity index (χ2n) is 5.66. The highest BCUT2D eigenvalue weighted by Gasteiger charge is 2.41. The fourth-order valence-electron chi connectivity index (χ4n) is 2.87. The van der Waals surface area contributed by atoms with E-state index in [1.54, 1.807) is 24.3 Å². The standard InChI is InChI=1S/C20H15N3O2S/c1-2-26-18-15-16(21-17(22-18)13-9-5-3-6-10-13)20(25)23(19(15)24)14-11-7-4-8-12-14/h3-12H,2H2,1H3. The van der Waals surface area contributed by atoms with Gasteiger partial charge in [-0.1, -0.05) is 55.5 Å². The molecule has 0 saturated carbocycles. The van der Waals surface area contributed by atoms with Crippen LogP contribution in [0, 0.1) is 0 Å². The summed E-state index contributed by atoms with van der Waals surface area (Å²) in [4.78, 5) is 36.1. The smallest absolute Gasteiger partial charge is 0.268 e. The van der Waals surface area contributed by atoms with Gasteiger partial charge in [-0.3, -0.25) is 9.59 Å². The average Bonchev–Trinajstić information content (AvgIpc) is 2.94. The van der Waals surface area contributed by atoms with Crippen molar-refractivity contribution in [2.45, 2.75) is 11.9 Å². The van der Waals surface area contributed by atoms with Gasteiger partial charge in [0.25, 0.3) is 11.8 Å². The van der Waals surface area contributed by atoms with Gasteiger partial charge in [-0.25, -0.2) is 14.9 Å². The molecule has 0 atom stereocenters. The van der Waals surface area contributed by atoms with Crippen LogP contribution in [0.2, 0.25) is 0 Å². The average molecular weight is 361 g/mol. The lowest BCUT2D eigenvalue weighted by Crippen LogP contribution is -2.29. The zero-order valence-corrected chi connectivity index (χ0v) is 14.9. The van der Waals surface area contributed by atoms with Crippen molar-refractivity contribution in [3.8, 4) is 11.4 Å². The van der Waals surface area contributed by atoms with Crippen molar-refractivity contribution in [2.24, 2.45) is 0 Å². The van der Waals surface area contributed by atoms with E-state index < -0.39 is 5.91 Å². The van der Waals surface area contributed by atoms with Crippen molar-refractivity contribution < 1.29 is 9.59 Å². The van der Waals surface area contributed by atoms with Crippen molar-refractivity contribution in [2.75, 3.05) is 10.7 Å². The van der Waals surface area contributed by atoms with Crippen LogP contribution >= 0.6 is 11.8 Å². The summed E-state index contributed by atoms with van der Waals surface area (Å²) in [6.07, 6.45) is 0. The van der Waals surface area contributed by atoms with Crippen LogP contribution in [0.5, 0.6) is 0 Å². The molecular weight excluding hydrogens is 346 g/mol. The lowest BCUT2D eigenvalue weighted by molar-refractivity contribution is 0.0924. The Bertz CT molecular complexity index is 991. The van der Waals surface area contributed by atoms with E-state index in [1.165, 1.54) is 16.7 Å². The molecule has 2 amide bonds. The Morgan fingerprint density at radius 3 is 2.19 bits per heavy atom. The molecule has 2 heterocycles. The number of benzene rings is 2. The van der Waals surface area contributed by atoms with Crippen LogP contribution in [-0.2, 0) is 0 Å². The van der Waals surface area contributed by atoms with Gasteiger partial charge in [0.2, 0.25) is 0 Å². The van der Waals surface area contributed by atoms with Crippen molar-refractivity contribution >= 4 is 29.3 Å². The summed E-state index contributed by atoms with van der Waals surface area (Å²) in [6, 6.07) is 18.4. The number of thioether (sulfide) groups is 1. The maximum absolute atomic E-state index is 13.0. The Kier molecular flexibility index (Phi) is 4.26. The number of carbonyl (C=O) groups is 2. The molecule has 0 bridgehead atoms. The molecule has 0 fully saturated rings. The molecule has 0 spiro atoms. The Balaban J connectivity index is 1.88. The summed E-state index contributed by atoms with van der Waals surface area (Å²) in [5.41, 5.74) is 1.81. The van der Waals surface area contributed by atoms with Crippen LogP contribution in [0.25, 0.3) is 11.4 Å². The van der Waals surface area contributed by atoms with Gasteiger partial charge in [-0.2, -0.15) is 0 Å². The molecule has 0 N–H and O–H groups in total. The molecule has 4 rings (SSSR count). The molecule has 0 aliphatic carbocycles. The second-order valence-corrected chi connectivity index (χ2v) is 6.91. The van der Waals surface area contributed by atoms with Crippen LogP contribution < -0.4 is 4.90 Å². The minimum absolute atomic E-state index is 0.170. The third kappa shape index (κ3) is 2.68. The van der Waals surface area contributed by atoms with Gasteiger partial charge < -0.3 is 0 Å². The van der Waals surface area contributed by atoms with E-state index in [0.717, 1.165) is 11.3 Å². The predicted molar refractivity (Wildman–Crippen MR) is 101 cm³/mol. The quantitative estimate of drug-likeness (QED) is 0.398. The van der Waals surface area contributed by atoms with E-state index in [2.05, 4.69) is 9.97 Å². The summed E-state index contributed by atoms with van der Waals surface area (Å²) >= 11 is 1.44. The number of hydrogen-bond acceptors (Lipinski definition) is 5. The minimum atomic E-state index is -0.409. The van der Waals surface area contributed by atoms with Gasteiger partial charge in [-0.05, 0) is 17.9 Å².